The van der Waals surface area contributed by atoms with Crippen LogP contribution >= 0.6 is 0 Å². The summed E-state index contributed by atoms with van der Waals surface area (Å²) < 4.78 is 0. The fourth-order valence-corrected chi connectivity index (χ4v) is 6.11. The molecule has 0 bridgehead atoms. The quantitative estimate of drug-likeness (QED) is 0.531. The number of nitrogens with zero attached hydrogens (tertiary/aromatic N) is 2. The molecule has 1 amide bonds. The van der Waals surface area contributed by atoms with E-state index in [-0.39, 0.29) is 11.3 Å². The van der Waals surface area contributed by atoms with Crippen molar-refractivity contribution in [1.82, 2.24) is 9.88 Å². The standard InChI is InChI=1S/C30H32N2O2/c1-19(2)22-6-3-4-7-23(22)21-12-13-25-24(16-21)28(33)17-30(25)14-15-32(18-30)29(34)27-9-5-8-26(31-27)20-10-11-20/h3-9,12-13,16,19-20,28,33H,10-11,14-15,17-18H2,1-2H3/t28-,30+/m1/s1. The molecule has 174 valence electrons. The van der Waals surface area contributed by atoms with E-state index < -0.39 is 6.10 Å². The van der Waals surface area contributed by atoms with Crippen molar-refractivity contribution >= 4 is 5.91 Å². The summed E-state index contributed by atoms with van der Waals surface area (Å²) in [5, 5.41) is 11.1. The highest BCUT2D eigenvalue weighted by atomic mass is 16.3. The number of benzene rings is 2. The zero-order chi connectivity index (χ0) is 23.4. The predicted molar refractivity (Wildman–Crippen MR) is 134 cm³/mol. The van der Waals surface area contributed by atoms with E-state index in [0.29, 0.717) is 37.0 Å². The number of aliphatic hydroxyl groups excluding tert-OH is 1. The second kappa shape index (κ2) is 8.06. The minimum atomic E-state index is -0.493. The van der Waals surface area contributed by atoms with E-state index in [1.54, 1.807) is 0 Å². The van der Waals surface area contributed by atoms with Crippen LogP contribution in [-0.4, -0.2) is 34.0 Å². The van der Waals surface area contributed by atoms with Crippen molar-refractivity contribution in [3.05, 3.63) is 88.7 Å². The number of rotatable bonds is 4. The Morgan fingerprint density at radius 1 is 1.09 bits per heavy atom. The van der Waals surface area contributed by atoms with Gasteiger partial charge in [0.2, 0.25) is 0 Å². The van der Waals surface area contributed by atoms with Gasteiger partial charge in [-0.25, -0.2) is 4.98 Å². The normalized spacial score (nSPS) is 23.6. The SMILES string of the molecule is CC(C)c1ccccc1-c1ccc2c(c1)[C@H](O)C[C@]21CCN(C(=O)c2cccc(C3CC3)n2)C1. The molecule has 6 rings (SSSR count). The highest BCUT2D eigenvalue weighted by molar-refractivity contribution is 5.92. The molecule has 0 unspecified atom stereocenters. The van der Waals surface area contributed by atoms with Crippen LogP contribution in [0.3, 0.4) is 0 Å². The van der Waals surface area contributed by atoms with Gasteiger partial charge >= 0.3 is 0 Å². The van der Waals surface area contributed by atoms with Crippen molar-refractivity contribution in [3.63, 3.8) is 0 Å². The Morgan fingerprint density at radius 2 is 1.91 bits per heavy atom. The molecular weight excluding hydrogens is 420 g/mol. The number of fused-ring (bicyclic) bond motifs is 2. The summed E-state index contributed by atoms with van der Waals surface area (Å²) in [5.41, 5.74) is 7.39. The van der Waals surface area contributed by atoms with Crippen LogP contribution in [0, 0.1) is 0 Å². The first-order valence-electron chi connectivity index (χ1n) is 12.6. The number of carbonyl (C=O) groups excluding carboxylic acids is 1. The van der Waals surface area contributed by atoms with E-state index in [0.717, 1.165) is 23.2 Å². The number of hydrogen-bond acceptors (Lipinski definition) is 3. The third-order valence-electron chi connectivity index (χ3n) is 8.09. The summed E-state index contributed by atoms with van der Waals surface area (Å²) in [6.07, 6.45) is 3.42. The molecule has 2 fully saturated rings. The Labute approximate surface area is 201 Å². The van der Waals surface area contributed by atoms with E-state index in [1.807, 2.05) is 23.1 Å². The minimum Gasteiger partial charge on any atom is -0.388 e. The van der Waals surface area contributed by atoms with Crippen LogP contribution in [0.2, 0.25) is 0 Å². The molecule has 2 aliphatic carbocycles. The highest BCUT2D eigenvalue weighted by Crippen LogP contribution is 2.51. The molecule has 34 heavy (non-hydrogen) atoms. The molecule has 1 spiro atoms. The maximum atomic E-state index is 13.3. The Kier molecular flexibility index (Phi) is 5.11. The summed E-state index contributed by atoms with van der Waals surface area (Å²) in [6.45, 7) is 5.79. The second-order valence-corrected chi connectivity index (χ2v) is 10.7. The minimum absolute atomic E-state index is 0.0183. The summed E-state index contributed by atoms with van der Waals surface area (Å²) in [6, 6.07) is 21.0. The van der Waals surface area contributed by atoms with Crippen molar-refractivity contribution in [2.24, 2.45) is 0 Å². The van der Waals surface area contributed by atoms with Crippen LogP contribution in [0.5, 0.6) is 0 Å². The molecule has 1 saturated heterocycles. The van der Waals surface area contributed by atoms with Gasteiger partial charge in [-0.2, -0.15) is 0 Å². The van der Waals surface area contributed by atoms with Gasteiger partial charge in [0.1, 0.15) is 5.69 Å². The molecule has 0 radical (unpaired) electrons. The number of hydrogen-bond donors (Lipinski definition) is 1. The molecule has 3 aliphatic rings. The lowest BCUT2D eigenvalue weighted by atomic mass is 9.80. The van der Waals surface area contributed by atoms with Gasteiger partial charge in [-0.3, -0.25) is 4.79 Å². The molecule has 2 atom stereocenters. The van der Waals surface area contributed by atoms with Crippen LogP contribution in [0.15, 0.2) is 60.7 Å². The number of aliphatic hydroxyl groups is 1. The molecule has 1 aromatic heterocycles. The molecule has 2 aromatic carbocycles. The maximum Gasteiger partial charge on any atom is 0.272 e. The molecule has 3 aromatic rings. The Balaban J connectivity index is 1.28. The fraction of sp³-hybridized carbons (Fsp3) is 0.400. The van der Waals surface area contributed by atoms with Crippen LogP contribution in [0.1, 0.15) is 90.3 Å². The first kappa shape index (κ1) is 21.5. The number of likely N-dealkylation sites (tertiary alicyclic amines) is 1. The fourth-order valence-electron chi connectivity index (χ4n) is 6.11. The summed E-state index contributed by atoms with van der Waals surface area (Å²) >= 11 is 0. The second-order valence-electron chi connectivity index (χ2n) is 10.7. The number of aromatic nitrogens is 1. The molecule has 4 nitrogen and oxygen atoms in total. The average molecular weight is 453 g/mol. The van der Waals surface area contributed by atoms with Gasteiger partial charge in [0.15, 0.2) is 0 Å². The number of amides is 1. The van der Waals surface area contributed by atoms with Gasteiger partial charge in [0.05, 0.1) is 6.10 Å². The predicted octanol–water partition coefficient (Wildman–Crippen LogP) is 5.97. The first-order chi connectivity index (χ1) is 16.4. The van der Waals surface area contributed by atoms with Gasteiger partial charge < -0.3 is 10.0 Å². The lowest BCUT2D eigenvalue weighted by molar-refractivity contribution is 0.0770. The zero-order valence-corrected chi connectivity index (χ0v) is 20.0. The third kappa shape index (κ3) is 3.56. The molecule has 1 N–H and O–H groups in total. The summed E-state index contributed by atoms with van der Waals surface area (Å²) in [4.78, 5) is 19.9. The van der Waals surface area contributed by atoms with E-state index in [4.69, 9.17) is 0 Å². The average Bonchev–Trinajstić information content (AvgIpc) is 3.58. The Hall–Kier alpha value is -2.98. The van der Waals surface area contributed by atoms with E-state index in [2.05, 4.69) is 61.3 Å². The zero-order valence-electron chi connectivity index (χ0n) is 20.0. The van der Waals surface area contributed by atoms with Crippen LogP contribution in [-0.2, 0) is 5.41 Å². The van der Waals surface area contributed by atoms with E-state index >= 15 is 0 Å². The van der Waals surface area contributed by atoms with Gasteiger partial charge in [-0.1, -0.05) is 56.3 Å². The van der Waals surface area contributed by atoms with Crippen molar-refractivity contribution < 1.29 is 9.90 Å². The first-order valence-corrected chi connectivity index (χ1v) is 12.6. The van der Waals surface area contributed by atoms with Crippen molar-refractivity contribution in [2.45, 2.75) is 62.9 Å². The molecule has 2 heterocycles. The molecule has 1 aliphatic heterocycles. The lowest BCUT2D eigenvalue weighted by Crippen LogP contribution is -2.34. The third-order valence-corrected chi connectivity index (χ3v) is 8.09. The van der Waals surface area contributed by atoms with Crippen LogP contribution < -0.4 is 0 Å². The monoisotopic (exact) mass is 452 g/mol. The van der Waals surface area contributed by atoms with Gasteiger partial charge in [-0.05, 0) is 77.6 Å². The highest BCUT2D eigenvalue weighted by Gasteiger charge is 2.49. The topological polar surface area (TPSA) is 53.4 Å². The Morgan fingerprint density at radius 3 is 2.71 bits per heavy atom. The van der Waals surface area contributed by atoms with Crippen molar-refractivity contribution in [2.75, 3.05) is 13.1 Å². The van der Waals surface area contributed by atoms with E-state index in [9.17, 15) is 9.90 Å². The Bertz CT molecular complexity index is 1260. The van der Waals surface area contributed by atoms with Crippen LogP contribution in [0.4, 0.5) is 0 Å². The summed E-state index contributed by atoms with van der Waals surface area (Å²) in [7, 11) is 0. The number of carbonyl (C=O) groups is 1. The van der Waals surface area contributed by atoms with Crippen molar-refractivity contribution in [1.29, 1.82) is 0 Å². The van der Waals surface area contributed by atoms with Gasteiger partial charge in [-0.15, -0.1) is 0 Å². The maximum absolute atomic E-state index is 13.3. The number of pyridine rings is 1. The molecular formula is C30H32N2O2. The van der Waals surface area contributed by atoms with Crippen LogP contribution in [0.25, 0.3) is 11.1 Å². The van der Waals surface area contributed by atoms with E-state index in [1.165, 1.54) is 29.5 Å². The largest absolute Gasteiger partial charge is 0.388 e. The van der Waals surface area contributed by atoms with Gasteiger partial charge in [0, 0.05) is 30.1 Å². The smallest absolute Gasteiger partial charge is 0.272 e. The van der Waals surface area contributed by atoms with Crippen molar-refractivity contribution in [3.8, 4) is 11.1 Å². The summed E-state index contributed by atoms with van der Waals surface area (Å²) in [5.74, 6) is 0.983. The lowest BCUT2D eigenvalue weighted by Gasteiger charge is -2.25. The van der Waals surface area contributed by atoms with Gasteiger partial charge in [0.25, 0.3) is 5.91 Å². The molecule has 4 heteroatoms. The molecule has 1 saturated carbocycles.